The van der Waals surface area contributed by atoms with E-state index in [0.29, 0.717) is 6.61 Å². The maximum atomic E-state index is 5.56. The molecule has 16 heavy (non-hydrogen) atoms. The highest BCUT2D eigenvalue weighted by atomic mass is 16.5. The summed E-state index contributed by atoms with van der Waals surface area (Å²) in [6, 6.07) is 11.9. The monoisotopic (exact) mass is 214 g/mol. The lowest BCUT2D eigenvalue weighted by Crippen LogP contribution is -1.99. The SMILES string of the molecule is CCOc1ccccc1Cc1cccnn1. The molecule has 2 aromatic rings. The summed E-state index contributed by atoms with van der Waals surface area (Å²) < 4.78 is 5.56. The molecule has 0 aliphatic heterocycles. The maximum Gasteiger partial charge on any atom is 0.122 e. The summed E-state index contributed by atoms with van der Waals surface area (Å²) in [5.74, 6) is 0.927. The Hall–Kier alpha value is -1.90. The van der Waals surface area contributed by atoms with Crippen LogP contribution in [-0.2, 0) is 6.42 Å². The summed E-state index contributed by atoms with van der Waals surface area (Å²) in [5, 5.41) is 7.94. The molecule has 0 unspecified atom stereocenters. The third-order valence-corrected chi connectivity index (χ3v) is 2.27. The van der Waals surface area contributed by atoms with Crippen LogP contribution in [0.4, 0.5) is 0 Å². The Labute approximate surface area is 95.1 Å². The third kappa shape index (κ3) is 2.57. The summed E-state index contributed by atoms with van der Waals surface area (Å²) in [4.78, 5) is 0. The van der Waals surface area contributed by atoms with Gasteiger partial charge in [-0.2, -0.15) is 10.2 Å². The second kappa shape index (κ2) is 5.26. The number of aromatic nitrogens is 2. The number of para-hydroxylation sites is 1. The molecule has 1 aromatic heterocycles. The molecule has 0 spiro atoms. The van der Waals surface area contributed by atoms with E-state index in [4.69, 9.17) is 4.74 Å². The quantitative estimate of drug-likeness (QED) is 0.784. The zero-order chi connectivity index (χ0) is 11.2. The molecule has 3 heteroatoms. The second-order valence-electron chi connectivity index (χ2n) is 3.43. The lowest BCUT2D eigenvalue weighted by molar-refractivity contribution is 0.337. The largest absolute Gasteiger partial charge is 0.494 e. The minimum absolute atomic E-state index is 0.678. The Morgan fingerprint density at radius 3 is 2.75 bits per heavy atom. The van der Waals surface area contributed by atoms with Crippen molar-refractivity contribution in [1.29, 1.82) is 0 Å². The Morgan fingerprint density at radius 1 is 1.12 bits per heavy atom. The minimum Gasteiger partial charge on any atom is -0.494 e. The van der Waals surface area contributed by atoms with Crippen molar-refractivity contribution in [3.63, 3.8) is 0 Å². The molecule has 1 aromatic carbocycles. The van der Waals surface area contributed by atoms with Gasteiger partial charge in [0, 0.05) is 18.2 Å². The Bertz CT molecular complexity index is 443. The van der Waals surface area contributed by atoms with E-state index >= 15 is 0 Å². The van der Waals surface area contributed by atoms with Gasteiger partial charge in [-0.25, -0.2) is 0 Å². The number of benzene rings is 1. The van der Waals surface area contributed by atoms with E-state index in [1.165, 1.54) is 0 Å². The Balaban J connectivity index is 2.21. The molecule has 2 rings (SSSR count). The first kappa shape index (κ1) is 10.6. The molecule has 1 heterocycles. The van der Waals surface area contributed by atoms with Gasteiger partial charge in [-0.05, 0) is 25.1 Å². The van der Waals surface area contributed by atoms with Crippen LogP contribution in [0.2, 0.25) is 0 Å². The predicted octanol–water partition coefficient (Wildman–Crippen LogP) is 2.47. The Kier molecular flexibility index (Phi) is 3.49. The van der Waals surface area contributed by atoms with Crippen LogP contribution in [0.15, 0.2) is 42.6 Å². The minimum atomic E-state index is 0.678. The third-order valence-electron chi connectivity index (χ3n) is 2.27. The topological polar surface area (TPSA) is 35.0 Å². The number of rotatable bonds is 4. The summed E-state index contributed by atoms with van der Waals surface area (Å²) in [6.45, 7) is 2.66. The summed E-state index contributed by atoms with van der Waals surface area (Å²) in [7, 11) is 0. The highest BCUT2D eigenvalue weighted by Gasteiger charge is 2.04. The lowest BCUT2D eigenvalue weighted by Gasteiger charge is -2.08. The first-order chi connectivity index (χ1) is 7.90. The van der Waals surface area contributed by atoms with E-state index in [2.05, 4.69) is 16.3 Å². The van der Waals surface area contributed by atoms with E-state index in [1.807, 2.05) is 37.3 Å². The fraction of sp³-hybridized carbons (Fsp3) is 0.231. The van der Waals surface area contributed by atoms with E-state index in [-0.39, 0.29) is 0 Å². The van der Waals surface area contributed by atoms with Gasteiger partial charge in [-0.1, -0.05) is 18.2 Å². The highest BCUT2D eigenvalue weighted by molar-refractivity contribution is 5.35. The molecule has 0 amide bonds. The van der Waals surface area contributed by atoms with Gasteiger partial charge in [-0.3, -0.25) is 0 Å². The molecule has 0 radical (unpaired) electrons. The fourth-order valence-corrected chi connectivity index (χ4v) is 1.57. The van der Waals surface area contributed by atoms with Crippen LogP contribution in [0.3, 0.4) is 0 Å². The van der Waals surface area contributed by atoms with Gasteiger partial charge in [0.15, 0.2) is 0 Å². The average Bonchev–Trinajstić information content (AvgIpc) is 2.33. The normalized spacial score (nSPS) is 10.1. The summed E-state index contributed by atoms with van der Waals surface area (Å²) in [5.41, 5.74) is 2.10. The first-order valence-electron chi connectivity index (χ1n) is 5.37. The van der Waals surface area contributed by atoms with Gasteiger partial charge < -0.3 is 4.74 Å². The van der Waals surface area contributed by atoms with Crippen LogP contribution in [0.1, 0.15) is 18.2 Å². The van der Waals surface area contributed by atoms with Crippen LogP contribution < -0.4 is 4.74 Å². The van der Waals surface area contributed by atoms with Gasteiger partial charge in [0.25, 0.3) is 0 Å². The zero-order valence-electron chi connectivity index (χ0n) is 9.26. The van der Waals surface area contributed by atoms with Gasteiger partial charge in [-0.15, -0.1) is 0 Å². The van der Waals surface area contributed by atoms with Crippen LogP contribution in [0.5, 0.6) is 5.75 Å². The predicted molar refractivity (Wildman–Crippen MR) is 62.4 cm³/mol. The summed E-state index contributed by atoms with van der Waals surface area (Å²) >= 11 is 0. The van der Waals surface area contributed by atoms with Crippen LogP contribution in [-0.4, -0.2) is 16.8 Å². The molecule has 0 fully saturated rings. The van der Waals surface area contributed by atoms with Crippen LogP contribution >= 0.6 is 0 Å². The molecular weight excluding hydrogens is 200 g/mol. The van der Waals surface area contributed by atoms with Gasteiger partial charge in [0.05, 0.1) is 12.3 Å². The van der Waals surface area contributed by atoms with Crippen LogP contribution in [0, 0.1) is 0 Å². The Morgan fingerprint density at radius 2 is 2.00 bits per heavy atom. The van der Waals surface area contributed by atoms with Gasteiger partial charge in [0.1, 0.15) is 5.75 Å². The maximum absolute atomic E-state index is 5.56. The molecule has 3 nitrogen and oxygen atoms in total. The molecule has 0 N–H and O–H groups in total. The smallest absolute Gasteiger partial charge is 0.122 e. The fourth-order valence-electron chi connectivity index (χ4n) is 1.57. The molecular formula is C13H14N2O. The standard InChI is InChI=1S/C13H14N2O/c1-2-16-13-8-4-3-6-11(13)10-12-7-5-9-14-15-12/h3-9H,2,10H2,1H3. The lowest BCUT2D eigenvalue weighted by atomic mass is 10.1. The molecule has 0 atom stereocenters. The molecule has 0 aliphatic rings. The van der Waals surface area contributed by atoms with Crippen molar-refractivity contribution >= 4 is 0 Å². The number of hydrogen-bond acceptors (Lipinski definition) is 3. The van der Waals surface area contributed by atoms with Crippen molar-refractivity contribution in [2.45, 2.75) is 13.3 Å². The number of hydrogen-bond donors (Lipinski definition) is 0. The molecule has 82 valence electrons. The van der Waals surface area contributed by atoms with E-state index in [0.717, 1.165) is 23.4 Å². The molecule has 0 bridgehead atoms. The van der Waals surface area contributed by atoms with Crippen molar-refractivity contribution < 1.29 is 4.74 Å². The van der Waals surface area contributed by atoms with E-state index < -0.39 is 0 Å². The second-order valence-corrected chi connectivity index (χ2v) is 3.43. The van der Waals surface area contributed by atoms with Crippen molar-refractivity contribution in [3.8, 4) is 5.75 Å². The van der Waals surface area contributed by atoms with E-state index in [1.54, 1.807) is 6.20 Å². The first-order valence-corrected chi connectivity index (χ1v) is 5.37. The number of nitrogens with zero attached hydrogens (tertiary/aromatic N) is 2. The molecule has 0 saturated heterocycles. The van der Waals surface area contributed by atoms with Crippen molar-refractivity contribution in [1.82, 2.24) is 10.2 Å². The van der Waals surface area contributed by atoms with Crippen molar-refractivity contribution in [3.05, 3.63) is 53.9 Å². The van der Waals surface area contributed by atoms with Crippen LogP contribution in [0.25, 0.3) is 0 Å². The molecule has 0 aliphatic carbocycles. The van der Waals surface area contributed by atoms with Crippen molar-refractivity contribution in [2.24, 2.45) is 0 Å². The van der Waals surface area contributed by atoms with E-state index in [9.17, 15) is 0 Å². The number of ether oxygens (including phenoxy) is 1. The molecule has 0 saturated carbocycles. The van der Waals surface area contributed by atoms with Crippen molar-refractivity contribution in [2.75, 3.05) is 6.61 Å². The van der Waals surface area contributed by atoms with Gasteiger partial charge in [0.2, 0.25) is 0 Å². The zero-order valence-corrected chi connectivity index (χ0v) is 9.26. The van der Waals surface area contributed by atoms with Gasteiger partial charge >= 0.3 is 0 Å². The average molecular weight is 214 g/mol. The highest BCUT2D eigenvalue weighted by Crippen LogP contribution is 2.20. The summed E-state index contributed by atoms with van der Waals surface area (Å²) in [6.07, 6.45) is 2.43.